The van der Waals surface area contributed by atoms with E-state index in [0.717, 1.165) is 44.0 Å². The molecule has 5 nitrogen and oxygen atoms in total. The Kier molecular flexibility index (Phi) is 10.3. The highest BCUT2D eigenvalue weighted by Crippen LogP contribution is 2.21. The highest BCUT2D eigenvalue weighted by atomic mass is 35.5. The molecule has 1 saturated heterocycles. The quantitative estimate of drug-likeness (QED) is 0.761. The topological polar surface area (TPSA) is 62.5 Å². The molecule has 2 aromatic rings. The van der Waals surface area contributed by atoms with Gasteiger partial charge in [0.1, 0.15) is 10.7 Å². The normalized spacial score (nSPS) is 14.6. The standard InChI is InChI=1S/C19H26N4OS.2ClH/c1-22(12-15-5-3-2-4-6-15)13-16-7-9-23(10-8-16)19(24)17-14-25-18(11-20)21-17;;/h2-6,14,16H,7-13,20H2,1H3;2*1H. The summed E-state index contributed by atoms with van der Waals surface area (Å²) in [6, 6.07) is 10.6. The molecular weight excluding hydrogens is 403 g/mol. The molecule has 150 valence electrons. The molecule has 1 aromatic heterocycles. The predicted molar refractivity (Wildman–Crippen MR) is 116 cm³/mol. The Morgan fingerprint density at radius 3 is 2.52 bits per heavy atom. The minimum Gasteiger partial charge on any atom is -0.337 e. The van der Waals surface area contributed by atoms with Crippen molar-refractivity contribution >= 4 is 42.1 Å². The molecule has 2 N–H and O–H groups in total. The lowest BCUT2D eigenvalue weighted by atomic mass is 9.96. The van der Waals surface area contributed by atoms with Crippen LogP contribution in [0.3, 0.4) is 0 Å². The summed E-state index contributed by atoms with van der Waals surface area (Å²) in [6.45, 7) is 4.08. The molecule has 0 radical (unpaired) electrons. The summed E-state index contributed by atoms with van der Waals surface area (Å²) in [5, 5.41) is 2.64. The maximum absolute atomic E-state index is 12.5. The third-order valence-corrected chi connectivity index (χ3v) is 5.58. The maximum Gasteiger partial charge on any atom is 0.273 e. The Morgan fingerprint density at radius 1 is 1.26 bits per heavy atom. The van der Waals surface area contributed by atoms with Gasteiger partial charge in [-0.15, -0.1) is 36.2 Å². The van der Waals surface area contributed by atoms with E-state index >= 15 is 0 Å². The number of benzene rings is 1. The summed E-state index contributed by atoms with van der Waals surface area (Å²) >= 11 is 1.46. The fourth-order valence-corrected chi connectivity index (χ4v) is 4.03. The zero-order chi connectivity index (χ0) is 17.6. The third kappa shape index (κ3) is 6.73. The van der Waals surface area contributed by atoms with Crippen molar-refractivity contribution in [1.29, 1.82) is 0 Å². The molecule has 2 heterocycles. The number of amides is 1. The number of halogens is 2. The van der Waals surface area contributed by atoms with Gasteiger partial charge in [-0.2, -0.15) is 0 Å². The Balaban J connectivity index is 0.00000182. The van der Waals surface area contributed by atoms with Gasteiger partial charge >= 0.3 is 0 Å². The van der Waals surface area contributed by atoms with Crippen LogP contribution >= 0.6 is 36.2 Å². The first-order valence-corrected chi connectivity index (χ1v) is 9.70. The van der Waals surface area contributed by atoms with Gasteiger partial charge in [-0.1, -0.05) is 30.3 Å². The lowest BCUT2D eigenvalue weighted by molar-refractivity contribution is 0.0667. The number of aromatic nitrogens is 1. The van der Waals surface area contributed by atoms with Crippen molar-refractivity contribution in [3.8, 4) is 0 Å². The molecule has 0 saturated carbocycles. The van der Waals surface area contributed by atoms with E-state index in [2.05, 4.69) is 47.3 Å². The molecule has 0 unspecified atom stereocenters. The molecule has 0 aliphatic carbocycles. The molecule has 1 aliphatic rings. The average Bonchev–Trinajstić information content (AvgIpc) is 3.12. The van der Waals surface area contributed by atoms with E-state index in [1.807, 2.05) is 10.3 Å². The van der Waals surface area contributed by atoms with Crippen LogP contribution in [0.4, 0.5) is 0 Å². The molecule has 3 rings (SSSR count). The van der Waals surface area contributed by atoms with Crippen molar-refractivity contribution < 1.29 is 4.79 Å². The van der Waals surface area contributed by atoms with Crippen molar-refractivity contribution in [1.82, 2.24) is 14.8 Å². The van der Waals surface area contributed by atoms with Crippen LogP contribution < -0.4 is 5.73 Å². The lowest BCUT2D eigenvalue weighted by Gasteiger charge is -2.33. The molecule has 0 bridgehead atoms. The molecular formula is C19H28Cl2N4OS. The first kappa shape index (κ1) is 23.9. The number of hydrogen-bond acceptors (Lipinski definition) is 5. The maximum atomic E-state index is 12.5. The summed E-state index contributed by atoms with van der Waals surface area (Å²) in [7, 11) is 2.17. The van der Waals surface area contributed by atoms with E-state index in [-0.39, 0.29) is 30.7 Å². The van der Waals surface area contributed by atoms with Crippen LogP contribution in [0.2, 0.25) is 0 Å². The van der Waals surface area contributed by atoms with E-state index in [4.69, 9.17) is 5.73 Å². The predicted octanol–water partition coefficient (Wildman–Crippen LogP) is 3.43. The second kappa shape index (κ2) is 11.6. The summed E-state index contributed by atoms with van der Waals surface area (Å²) in [5.41, 5.74) is 7.47. The number of carbonyl (C=O) groups is 1. The van der Waals surface area contributed by atoms with Gasteiger partial charge in [0, 0.05) is 38.1 Å². The van der Waals surface area contributed by atoms with Crippen LogP contribution in [0.1, 0.15) is 33.9 Å². The van der Waals surface area contributed by atoms with Gasteiger partial charge < -0.3 is 15.5 Å². The van der Waals surface area contributed by atoms with Gasteiger partial charge in [0.25, 0.3) is 5.91 Å². The van der Waals surface area contributed by atoms with Crippen molar-refractivity contribution in [3.63, 3.8) is 0 Å². The van der Waals surface area contributed by atoms with Crippen molar-refractivity contribution in [2.75, 3.05) is 26.7 Å². The fourth-order valence-electron chi connectivity index (χ4n) is 3.38. The van der Waals surface area contributed by atoms with E-state index < -0.39 is 0 Å². The number of thiazole rings is 1. The fraction of sp³-hybridized carbons (Fsp3) is 0.474. The molecule has 1 fully saturated rings. The van der Waals surface area contributed by atoms with Gasteiger partial charge in [-0.3, -0.25) is 4.79 Å². The van der Waals surface area contributed by atoms with Crippen LogP contribution in [-0.4, -0.2) is 47.4 Å². The Labute approximate surface area is 177 Å². The number of hydrogen-bond donors (Lipinski definition) is 1. The number of nitrogens with zero attached hydrogens (tertiary/aromatic N) is 3. The van der Waals surface area contributed by atoms with E-state index in [0.29, 0.717) is 18.2 Å². The SMILES string of the molecule is CN(Cc1ccccc1)CC1CCN(C(=O)c2csc(CN)n2)CC1.Cl.Cl. The summed E-state index contributed by atoms with van der Waals surface area (Å²) in [6.07, 6.45) is 2.11. The molecule has 1 amide bonds. The van der Waals surface area contributed by atoms with Gasteiger partial charge in [0.05, 0.1) is 0 Å². The monoisotopic (exact) mass is 430 g/mol. The largest absolute Gasteiger partial charge is 0.337 e. The number of carbonyl (C=O) groups excluding carboxylic acids is 1. The number of rotatable bonds is 6. The third-order valence-electron chi connectivity index (χ3n) is 4.71. The summed E-state index contributed by atoms with van der Waals surface area (Å²) in [4.78, 5) is 21.1. The number of likely N-dealkylation sites (tertiary alicyclic amines) is 1. The molecule has 27 heavy (non-hydrogen) atoms. The minimum absolute atomic E-state index is 0. The summed E-state index contributed by atoms with van der Waals surface area (Å²) in [5.74, 6) is 0.694. The van der Waals surface area contributed by atoms with Gasteiger partial charge in [0.15, 0.2) is 0 Å². The molecule has 0 atom stereocenters. The van der Waals surface area contributed by atoms with Crippen LogP contribution in [0.5, 0.6) is 0 Å². The molecule has 1 aliphatic heterocycles. The highest BCUT2D eigenvalue weighted by Gasteiger charge is 2.25. The van der Waals surface area contributed by atoms with Crippen LogP contribution in [0.25, 0.3) is 0 Å². The summed E-state index contributed by atoms with van der Waals surface area (Å²) < 4.78 is 0. The first-order valence-electron chi connectivity index (χ1n) is 8.82. The van der Waals surface area contributed by atoms with E-state index in [1.165, 1.54) is 16.9 Å². The highest BCUT2D eigenvalue weighted by molar-refractivity contribution is 7.09. The van der Waals surface area contributed by atoms with Crippen LogP contribution in [-0.2, 0) is 13.1 Å². The molecule has 8 heteroatoms. The first-order chi connectivity index (χ1) is 12.2. The van der Waals surface area contributed by atoms with Crippen molar-refractivity contribution in [3.05, 3.63) is 52.0 Å². The minimum atomic E-state index is 0. The zero-order valence-corrected chi connectivity index (χ0v) is 18.0. The number of piperidine rings is 1. The smallest absolute Gasteiger partial charge is 0.273 e. The lowest BCUT2D eigenvalue weighted by Crippen LogP contribution is -2.41. The Morgan fingerprint density at radius 2 is 1.93 bits per heavy atom. The van der Waals surface area contributed by atoms with E-state index in [9.17, 15) is 4.79 Å². The van der Waals surface area contributed by atoms with Gasteiger partial charge in [-0.25, -0.2) is 4.98 Å². The van der Waals surface area contributed by atoms with Gasteiger partial charge in [0.2, 0.25) is 0 Å². The van der Waals surface area contributed by atoms with Crippen molar-refractivity contribution in [2.24, 2.45) is 11.7 Å². The zero-order valence-electron chi connectivity index (χ0n) is 15.5. The molecule has 0 spiro atoms. The Hall–Kier alpha value is -1.18. The van der Waals surface area contributed by atoms with Crippen LogP contribution in [0.15, 0.2) is 35.7 Å². The van der Waals surface area contributed by atoms with Crippen molar-refractivity contribution in [2.45, 2.75) is 25.9 Å². The second-order valence-corrected chi connectivity index (χ2v) is 7.69. The average molecular weight is 431 g/mol. The Bertz CT molecular complexity index is 690. The van der Waals surface area contributed by atoms with Crippen LogP contribution in [0, 0.1) is 5.92 Å². The molecule has 1 aromatic carbocycles. The van der Waals surface area contributed by atoms with E-state index in [1.54, 1.807) is 0 Å². The number of nitrogens with two attached hydrogens (primary N) is 1. The van der Waals surface area contributed by atoms with Gasteiger partial charge in [-0.05, 0) is 31.4 Å². The second-order valence-electron chi connectivity index (χ2n) is 6.75.